The molecule has 1 saturated carbocycles. The van der Waals surface area contributed by atoms with Crippen LogP contribution in [0.3, 0.4) is 0 Å². The third-order valence-electron chi connectivity index (χ3n) is 9.34. The van der Waals surface area contributed by atoms with Crippen LogP contribution in [0, 0.1) is 0 Å². The molecule has 40 heavy (non-hydrogen) atoms. The molecule has 3 fully saturated rings. The predicted octanol–water partition coefficient (Wildman–Crippen LogP) is 5.49. The molecule has 1 unspecified atom stereocenters. The first-order valence-corrected chi connectivity index (χ1v) is 15.3. The summed E-state index contributed by atoms with van der Waals surface area (Å²) in [4.78, 5) is 32.2. The van der Waals surface area contributed by atoms with Crippen LogP contribution in [0.1, 0.15) is 88.3 Å². The summed E-state index contributed by atoms with van der Waals surface area (Å²) < 4.78 is 0. The predicted molar refractivity (Wildman–Crippen MR) is 159 cm³/mol. The zero-order valence-electron chi connectivity index (χ0n) is 23.9. The molecule has 1 spiro atoms. The van der Waals surface area contributed by atoms with E-state index < -0.39 is 17.2 Å². The number of hydrogen-bond acceptors (Lipinski definition) is 4. The van der Waals surface area contributed by atoms with Crippen LogP contribution in [0.2, 0.25) is 0 Å². The zero-order chi connectivity index (χ0) is 28.0. The Morgan fingerprint density at radius 2 is 1.60 bits per heavy atom. The SMILES string of the molecule is CCCCN1C(=O)[C@@H](CC2(O)CCCCC2)NC(=O)C12CCN(C(C=Cc1ccccc1)c1ccccc1)CC2. The molecule has 0 radical (unpaired) electrons. The number of benzene rings is 2. The van der Waals surface area contributed by atoms with Gasteiger partial charge in [0.2, 0.25) is 11.8 Å². The Hall–Kier alpha value is -2.96. The molecule has 2 N–H and O–H groups in total. The van der Waals surface area contributed by atoms with Crippen LogP contribution in [0.15, 0.2) is 66.7 Å². The van der Waals surface area contributed by atoms with E-state index in [1.807, 2.05) is 29.2 Å². The molecule has 2 saturated heterocycles. The largest absolute Gasteiger partial charge is 0.390 e. The monoisotopic (exact) mass is 543 g/mol. The van der Waals surface area contributed by atoms with Gasteiger partial charge in [0.05, 0.1) is 11.6 Å². The number of nitrogens with zero attached hydrogens (tertiary/aromatic N) is 2. The molecule has 2 atom stereocenters. The van der Waals surface area contributed by atoms with Gasteiger partial charge in [0.1, 0.15) is 11.6 Å². The molecule has 3 aliphatic rings. The van der Waals surface area contributed by atoms with Gasteiger partial charge in [-0.1, -0.05) is 105 Å². The van der Waals surface area contributed by atoms with Gasteiger partial charge in [0.15, 0.2) is 0 Å². The minimum absolute atomic E-state index is 0.0101. The maximum absolute atomic E-state index is 13.9. The Morgan fingerprint density at radius 3 is 2.25 bits per heavy atom. The highest BCUT2D eigenvalue weighted by molar-refractivity contribution is 6.00. The van der Waals surface area contributed by atoms with Crippen LogP contribution in [-0.2, 0) is 9.59 Å². The number of piperazine rings is 1. The lowest BCUT2D eigenvalue weighted by atomic mass is 9.77. The molecule has 2 aromatic carbocycles. The number of amides is 2. The van der Waals surface area contributed by atoms with Gasteiger partial charge < -0.3 is 15.3 Å². The molecule has 2 aromatic rings. The Kier molecular flexibility index (Phi) is 9.07. The number of unbranched alkanes of at least 4 members (excludes halogenated alkanes) is 1. The van der Waals surface area contributed by atoms with E-state index in [-0.39, 0.29) is 17.9 Å². The number of aliphatic hydroxyl groups is 1. The van der Waals surface area contributed by atoms with Crippen molar-refractivity contribution in [1.82, 2.24) is 15.1 Å². The van der Waals surface area contributed by atoms with Gasteiger partial charge in [-0.2, -0.15) is 0 Å². The number of piperidine rings is 1. The highest BCUT2D eigenvalue weighted by Gasteiger charge is 2.54. The fraction of sp³-hybridized carbons (Fsp3) is 0.529. The number of hydrogen-bond donors (Lipinski definition) is 2. The maximum Gasteiger partial charge on any atom is 0.246 e. The van der Waals surface area contributed by atoms with Crippen LogP contribution in [-0.4, -0.2) is 63.5 Å². The third kappa shape index (κ3) is 6.18. The molecule has 5 rings (SSSR count). The van der Waals surface area contributed by atoms with E-state index in [2.05, 4.69) is 65.7 Å². The van der Waals surface area contributed by atoms with Crippen molar-refractivity contribution in [3.05, 3.63) is 77.9 Å². The molecule has 2 amide bonds. The lowest BCUT2D eigenvalue weighted by molar-refractivity contribution is -0.163. The molecule has 6 heteroatoms. The minimum atomic E-state index is -0.857. The Bertz CT molecular complexity index is 1150. The Morgan fingerprint density at radius 1 is 0.950 bits per heavy atom. The molecule has 1 aliphatic carbocycles. The molecule has 0 bridgehead atoms. The van der Waals surface area contributed by atoms with Crippen molar-refractivity contribution >= 4 is 17.9 Å². The smallest absolute Gasteiger partial charge is 0.246 e. The standard InChI is InChI=1S/C34H45N3O3/c1-2-3-23-37-31(38)29(26-33(40)19-11-6-12-20-33)35-32(39)34(37)21-24-36(25-22-34)30(28-15-9-5-10-16-28)18-17-27-13-7-4-8-14-27/h4-5,7-10,13-18,29-30,40H,2-3,6,11-12,19-26H2,1H3,(H,35,39)/t29-,30?/m1/s1. The maximum atomic E-state index is 13.9. The zero-order valence-corrected chi connectivity index (χ0v) is 23.9. The lowest BCUT2D eigenvalue weighted by Gasteiger charge is -2.53. The van der Waals surface area contributed by atoms with Crippen LogP contribution in [0.4, 0.5) is 0 Å². The van der Waals surface area contributed by atoms with Crippen LogP contribution in [0.25, 0.3) is 6.08 Å². The summed E-state index contributed by atoms with van der Waals surface area (Å²) in [6, 6.07) is 20.3. The number of likely N-dealkylation sites (tertiary alicyclic amines) is 1. The summed E-state index contributed by atoms with van der Waals surface area (Å²) in [6.45, 7) is 4.15. The second-order valence-electron chi connectivity index (χ2n) is 12.1. The summed E-state index contributed by atoms with van der Waals surface area (Å²) in [5.74, 6) is -0.0487. The van der Waals surface area contributed by atoms with E-state index in [4.69, 9.17) is 0 Å². The first kappa shape index (κ1) is 28.6. The van der Waals surface area contributed by atoms with Gasteiger partial charge in [-0.15, -0.1) is 0 Å². The fourth-order valence-electron chi connectivity index (χ4n) is 6.98. The molecular weight excluding hydrogens is 498 g/mol. The van der Waals surface area contributed by atoms with Crippen LogP contribution >= 0.6 is 0 Å². The summed E-state index contributed by atoms with van der Waals surface area (Å²) in [5.41, 5.74) is 0.701. The first-order chi connectivity index (χ1) is 19.4. The van der Waals surface area contributed by atoms with Gasteiger partial charge in [0, 0.05) is 26.1 Å². The van der Waals surface area contributed by atoms with Crippen molar-refractivity contribution in [2.24, 2.45) is 0 Å². The number of nitrogens with one attached hydrogen (secondary N) is 1. The second-order valence-corrected chi connectivity index (χ2v) is 12.1. The van der Waals surface area contributed by atoms with Gasteiger partial charge in [-0.3, -0.25) is 14.5 Å². The normalized spacial score (nSPS) is 23.9. The van der Waals surface area contributed by atoms with E-state index in [1.54, 1.807) is 0 Å². The molecule has 6 nitrogen and oxygen atoms in total. The summed E-state index contributed by atoms with van der Waals surface area (Å²) in [5, 5.41) is 14.3. The first-order valence-electron chi connectivity index (χ1n) is 15.3. The molecule has 0 aromatic heterocycles. The van der Waals surface area contributed by atoms with Gasteiger partial charge >= 0.3 is 0 Å². The quantitative estimate of drug-likeness (QED) is 0.439. The van der Waals surface area contributed by atoms with E-state index in [0.29, 0.717) is 38.6 Å². The average Bonchev–Trinajstić information content (AvgIpc) is 2.98. The van der Waals surface area contributed by atoms with E-state index in [0.717, 1.165) is 50.8 Å². The van der Waals surface area contributed by atoms with E-state index in [9.17, 15) is 14.7 Å². The summed E-state index contributed by atoms with van der Waals surface area (Å²) in [6.07, 6.45) is 12.3. The van der Waals surface area contributed by atoms with Gasteiger partial charge in [0.25, 0.3) is 0 Å². The van der Waals surface area contributed by atoms with Crippen LogP contribution < -0.4 is 5.32 Å². The highest BCUT2D eigenvalue weighted by atomic mass is 16.3. The van der Waals surface area contributed by atoms with Crippen molar-refractivity contribution in [2.75, 3.05) is 19.6 Å². The van der Waals surface area contributed by atoms with Gasteiger partial charge in [-0.25, -0.2) is 0 Å². The van der Waals surface area contributed by atoms with Crippen molar-refractivity contribution in [3.8, 4) is 0 Å². The van der Waals surface area contributed by atoms with E-state index in [1.165, 1.54) is 5.56 Å². The van der Waals surface area contributed by atoms with E-state index >= 15 is 0 Å². The molecule has 2 aliphatic heterocycles. The molecular formula is C34H45N3O3. The van der Waals surface area contributed by atoms with Gasteiger partial charge in [-0.05, 0) is 43.2 Å². The number of carbonyl (C=O) groups excluding carboxylic acids is 2. The highest BCUT2D eigenvalue weighted by Crippen LogP contribution is 2.39. The van der Waals surface area contributed by atoms with Crippen molar-refractivity contribution in [3.63, 3.8) is 0 Å². The lowest BCUT2D eigenvalue weighted by Crippen LogP contribution is -2.73. The minimum Gasteiger partial charge on any atom is -0.390 e. The Labute approximate surface area is 239 Å². The third-order valence-corrected chi connectivity index (χ3v) is 9.34. The van der Waals surface area contributed by atoms with Crippen molar-refractivity contribution in [2.45, 2.75) is 94.4 Å². The number of carbonyl (C=O) groups is 2. The molecule has 2 heterocycles. The summed E-state index contributed by atoms with van der Waals surface area (Å²) >= 11 is 0. The Balaban J connectivity index is 1.35. The fourth-order valence-corrected chi connectivity index (χ4v) is 6.98. The van der Waals surface area contributed by atoms with Crippen molar-refractivity contribution in [1.29, 1.82) is 0 Å². The van der Waals surface area contributed by atoms with Crippen molar-refractivity contribution < 1.29 is 14.7 Å². The summed E-state index contributed by atoms with van der Waals surface area (Å²) in [7, 11) is 0. The number of rotatable bonds is 9. The second kappa shape index (κ2) is 12.7. The average molecular weight is 544 g/mol. The topological polar surface area (TPSA) is 72.9 Å². The van der Waals surface area contributed by atoms with Crippen LogP contribution in [0.5, 0.6) is 0 Å². The molecule has 214 valence electrons.